The minimum Gasteiger partial charge on any atom is -0.360 e. The Kier molecular flexibility index (Phi) is 2.90. The summed E-state index contributed by atoms with van der Waals surface area (Å²) in [5.41, 5.74) is 3.21. The van der Waals surface area contributed by atoms with Crippen molar-refractivity contribution < 1.29 is 0 Å². The first-order valence-electron chi connectivity index (χ1n) is 6.60. The first kappa shape index (κ1) is 12.1. The number of hydrogen-bond acceptors (Lipinski definition) is 4. The molecule has 3 heterocycles. The van der Waals surface area contributed by atoms with Crippen LogP contribution in [-0.4, -0.2) is 15.0 Å². The maximum Gasteiger partial charge on any atom is 0.188 e. The van der Waals surface area contributed by atoms with E-state index >= 15 is 0 Å². The molecule has 4 rings (SSSR count). The van der Waals surface area contributed by atoms with E-state index in [1.807, 2.05) is 36.5 Å². The molecule has 0 aliphatic carbocycles. The summed E-state index contributed by atoms with van der Waals surface area (Å²) < 4.78 is 0. The summed E-state index contributed by atoms with van der Waals surface area (Å²) in [7, 11) is 0. The Hall–Kier alpha value is -2.66. The van der Waals surface area contributed by atoms with Crippen LogP contribution in [0.3, 0.4) is 0 Å². The van der Waals surface area contributed by atoms with Crippen LogP contribution in [0.1, 0.15) is 0 Å². The molecule has 3 aromatic heterocycles. The van der Waals surface area contributed by atoms with Gasteiger partial charge in [0.05, 0.1) is 5.69 Å². The Morgan fingerprint density at radius 2 is 1.95 bits per heavy atom. The lowest BCUT2D eigenvalue weighted by atomic mass is 10.1. The molecule has 0 saturated heterocycles. The van der Waals surface area contributed by atoms with Crippen LogP contribution in [0.2, 0.25) is 0 Å². The highest BCUT2D eigenvalue weighted by Crippen LogP contribution is 2.31. The first-order chi connectivity index (χ1) is 10.4. The number of anilines is 2. The number of rotatable bonds is 3. The zero-order chi connectivity index (χ0) is 14.1. The second kappa shape index (κ2) is 5.03. The molecule has 21 heavy (non-hydrogen) atoms. The van der Waals surface area contributed by atoms with Crippen LogP contribution in [0.5, 0.6) is 0 Å². The molecule has 0 radical (unpaired) electrons. The SMILES string of the molecule is c1ccc(Nc2nc(-c3c[nH]c4ccccc34)cs2)nc1. The number of nitrogens with zero attached hydrogens (tertiary/aromatic N) is 2. The van der Waals surface area contributed by atoms with Crippen LogP contribution in [-0.2, 0) is 0 Å². The molecule has 2 N–H and O–H groups in total. The van der Waals surface area contributed by atoms with E-state index < -0.39 is 0 Å². The summed E-state index contributed by atoms with van der Waals surface area (Å²) in [5, 5.41) is 7.31. The van der Waals surface area contributed by atoms with Crippen LogP contribution < -0.4 is 5.32 Å². The summed E-state index contributed by atoms with van der Waals surface area (Å²) in [6.07, 6.45) is 3.76. The average molecular weight is 292 g/mol. The maximum atomic E-state index is 4.65. The highest BCUT2D eigenvalue weighted by Gasteiger charge is 2.09. The van der Waals surface area contributed by atoms with Crippen molar-refractivity contribution in [1.82, 2.24) is 15.0 Å². The number of benzene rings is 1. The van der Waals surface area contributed by atoms with E-state index in [1.54, 1.807) is 17.5 Å². The third kappa shape index (κ3) is 2.28. The number of nitrogens with one attached hydrogen (secondary N) is 2. The molecule has 0 fully saturated rings. The molecule has 0 amide bonds. The Balaban J connectivity index is 1.68. The van der Waals surface area contributed by atoms with E-state index in [2.05, 4.69) is 37.8 Å². The second-order valence-electron chi connectivity index (χ2n) is 4.63. The molecule has 0 spiro atoms. The molecule has 0 aliphatic rings. The molecule has 4 nitrogen and oxygen atoms in total. The van der Waals surface area contributed by atoms with Crippen molar-refractivity contribution in [3.05, 3.63) is 60.2 Å². The van der Waals surface area contributed by atoms with Gasteiger partial charge in [-0.3, -0.25) is 0 Å². The van der Waals surface area contributed by atoms with Crippen LogP contribution >= 0.6 is 11.3 Å². The van der Waals surface area contributed by atoms with Gasteiger partial charge in [-0.05, 0) is 18.2 Å². The smallest absolute Gasteiger partial charge is 0.188 e. The van der Waals surface area contributed by atoms with Crippen LogP contribution in [0.25, 0.3) is 22.2 Å². The topological polar surface area (TPSA) is 53.6 Å². The minimum atomic E-state index is 0.803. The van der Waals surface area contributed by atoms with Crippen molar-refractivity contribution in [2.45, 2.75) is 0 Å². The van der Waals surface area contributed by atoms with E-state index in [1.165, 1.54) is 5.39 Å². The number of H-pyrrole nitrogens is 1. The van der Waals surface area contributed by atoms with Crippen molar-refractivity contribution in [3.8, 4) is 11.3 Å². The molecule has 102 valence electrons. The summed E-state index contributed by atoms with van der Waals surface area (Å²) in [4.78, 5) is 12.2. The Bertz CT molecular complexity index is 879. The van der Waals surface area contributed by atoms with Crippen LogP contribution in [0.4, 0.5) is 10.9 Å². The van der Waals surface area contributed by atoms with Gasteiger partial charge in [-0.15, -0.1) is 11.3 Å². The number of hydrogen-bond donors (Lipinski definition) is 2. The number of thiazole rings is 1. The highest BCUT2D eigenvalue weighted by atomic mass is 32.1. The number of aromatic nitrogens is 3. The van der Waals surface area contributed by atoms with Crippen molar-refractivity contribution >= 4 is 33.2 Å². The molecule has 0 unspecified atom stereocenters. The van der Waals surface area contributed by atoms with Crippen LogP contribution in [0.15, 0.2) is 60.2 Å². The van der Waals surface area contributed by atoms with E-state index in [9.17, 15) is 0 Å². The average Bonchev–Trinajstić information content (AvgIpc) is 3.14. The van der Waals surface area contributed by atoms with E-state index in [0.717, 1.165) is 27.7 Å². The predicted octanol–water partition coefficient (Wildman–Crippen LogP) is 4.43. The Morgan fingerprint density at radius 1 is 1.05 bits per heavy atom. The van der Waals surface area contributed by atoms with Crippen molar-refractivity contribution in [3.63, 3.8) is 0 Å². The van der Waals surface area contributed by atoms with Gasteiger partial charge in [0.1, 0.15) is 5.82 Å². The largest absolute Gasteiger partial charge is 0.360 e. The first-order valence-corrected chi connectivity index (χ1v) is 7.48. The number of para-hydroxylation sites is 1. The molecular formula is C16H12N4S. The molecule has 0 saturated carbocycles. The van der Waals surface area contributed by atoms with Gasteiger partial charge in [0.15, 0.2) is 5.13 Å². The van der Waals surface area contributed by atoms with Gasteiger partial charge in [0, 0.05) is 34.2 Å². The minimum absolute atomic E-state index is 0.803. The van der Waals surface area contributed by atoms with Gasteiger partial charge in [0.25, 0.3) is 0 Å². The number of aromatic amines is 1. The molecule has 0 atom stereocenters. The van der Waals surface area contributed by atoms with Gasteiger partial charge in [-0.25, -0.2) is 9.97 Å². The fourth-order valence-corrected chi connectivity index (χ4v) is 3.00. The standard InChI is InChI=1S/C16H12N4S/c1-2-6-13-11(5-1)12(9-18-13)14-10-21-16(19-14)20-15-7-3-4-8-17-15/h1-10,18H,(H,17,19,20). The molecule has 1 aromatic carbocycles. The molecule has 0 aliphatic heterocycles. The van der Waals surface area contributed by atoms with Gasteiger partial charge >= 0.3 is 0 Å². The van der Waals surface area contributed by atoms with Gasteiger partial charge in [-0.2, -0.15) is 0 Å². The lowest BCUT2D eigenvalue weighted by molar-refractivity contribution is 1.29. The van der Waals surface area contributed by atoms with E-state index in [4.69, 9.17) is 0 Å². The van der Waals surface area contributed by atoms with Gasteiger partial charge in [-0.1, -0.05) is 24.3 Å². The zero-order valence-electron chi connectivity index (χ0n) is 11.1. The summed E-state index contributed by atoms with van der Waals surface area (Å²) in [6, 6.07) is 14.0. The summed E-state index contributed by atoms with van der Waals surface area (Å²) in [5.74, 6) is 0.803. The fourth-order valence-electron chi connectivity index (χ4n) is 2.28. The number of fused-ring (bicyclic) bond motifs is 1. The second-order valence-corrected chi connectivity index (χ2v) is 5.48. The molecule has 5 heteroatoms. The van der Waals surface area contributed by atoms with E-state index in [-0.39, 0.29) is 0 Å². The Morgan fingerprint density at radius 3 is 2.86 bits per heavy atom. The highest BCUT2D eigenvalue weighted by molar-refractivity contribution is 7.14. The van der Waals surface area contributed by atoms with Gasteiger partial charge in [0.2, 0.25) is 0 Å². The van der Waals surface area contributed by atoms with Crippen LogP contribution in [0, 0.1) is 0 Å². The predicted molar refractivity (Wildman–Crippen MR) is 86.9 cm³/mol. The van der Waals surface area contributed by atoms with E-state index in [0.29, 0.717) is 0 Å². The third-order valence-electron chi connectivity index (χ3n) is 3.27. The Labute approximate surface area is 125 Å². The quantitative estimate of drug-likeness (QED) is 0.587. The third-order valence-corrected chi connectivity index (χ3v) is 4.03. The fraction of sp³-hybridized carbons (Fsp3) is 0. The van der Waals surface area contributed by atoms with Crippen molar-refractivity contribution in [2.24, 2.45) is 0 Å². The maximum absolute atomic E-state index is 4.65. The molecule has 4 aromatic rings. The molecule has 0 bridgehead atoms. The number of pyridine rings is 1. The lowest BCUT2D eigenvalue weighted by Crippen LogP contribution is -1.91. The lowest BCUT2D eigenvalue weighted by Gasteiger charge is -1.99. The molecular weight excluding hydrogens is 280 g/mol. The zero-order valence-corrected chi connectivity index (χ0v) is 11.9. The normalized spacial score (nSPS) is 10.9. The summed E-state index contributed by atoms with van der Waals surface area (Å²) >= 11 is 1.58. The van der Waals surface area contributed by atoms with Crippen molar-refractivity contribution in [2.75, 3.05) is 5.32 Å². The summed E-state index contributed by atoms with van der Waals surface area (Å²) in [6.45, 7) is 0. The van der Waals surface area contributed by atoms with Crippen molar-refractivity contribution in [1.29, 1.82) is 0 Å². The monoisotopic (exact) mass is 292 g/mol. The van der Waals surface area contributed by atoms with Gasteiger partial charge < -0.3 is 10.3 Å².